The molecule has 0 bridgehead atoms. The molecule has 12 aromatic rings. The van der Waals surface area contributed by atoms with Crippen molar-refractivity contribution in [2.24, 2.45) is 0 Å². The molecule has 1 aliphatic heterocycles. The average molecular weight is 925 g/mol. The van der Waals surface area contributed by atoms with Crippen LogP contribution in [0.3, 0.4) is 0 Å². The predicted octanol–water partition coefficient (Wildman–Crippen LogP) is 17.9. The fourth-order valence-corrected chi connectivity index (χ4v) is 10.6. The van der Waals surface area contributed by atoms with Crippen LogP contribution in [0.2, 0.25) is 0 Å². The van der Waals surface area contributed by atoms with E-state index in [2.05, 4.69) is 276 Å². The molecule has 0 fully saturated rings. The summed E-state index contributed by atoms with van der Waals surface area (Å²) in [5, 5.41) is 2.26. The molecule has 0 unspecified atom stereocenters. The Morgan fingerprint density at radius 1 is 0.389 bits per heavy atom. The molecular formula is C67H48N4O. The van der Waals surface area contributed by atoms with Gasteiger partial charge in [0.25, 0.3) is 0 Å². The molecule has 0 amide bonds. The standard InChI is InChI=1S/C67H48N4O/c1-46-39-66(68-44-60(46)51-29-15-6-16-30-51)71-61-38-37-52(47-21-7-2-8-22-47)40-58(61)59-42-57(50-27-13-5-14-28-50)65(43-64(59)71)72-54-32-19-31-53(41-54)69-45-70(63-36-18-17-35-62(63)69)67-55(48-23-9-3-10-24-48)33-20-34-56(67)49-25-11-4-12-26-49/h2-44H,45H2,1H3. The molecule has 0 saturated carbocycles. The molecule has 3 heterocycles. The highest BCUT2D eigenvalue weighted by Crippen LogP contribution is 2.51. The average Bonchev–Trinajstić information content (AvgIpc) is 3.99. The van der Waals surface area contributed by atoms with Crippen LogP contribution in [0.15, 0.2) is 261 Å². The van der Waals surface area contributed by atoms with E-state index in [-0.39, 0.29) is 0 Å². The summed E-state index contributed by atoms with van der Waals surface area (Å²) in [4.78, 5) is 10.1. The largest absolute Gasteiger partial charge is 0.457 e. The molecule has 5 heteroatoms. The summed E-state index contributed by atoms with van der Waals surface area (Å²) in [7, 11) is 0. The lowest BCUT2D eigenvalue weighted by Crippen LogP contribution is -2.24. The van der Waals surface area contributed by atoms with Crippen molar-refractivity contribution in [3.8, 4) is 73.0 Å². The smallest absolute Gasteiger partial charge is 0.137 e. The van der Waals surface area contributed by atoms with Gasteiger partial charge in [-0.1, -0.05) is 194 Å². The number of rotatable bonds is 10. The van der Waals surface area contributed by atoms with Gasteiger partial charge in [0.2, 0.25) is 0 Å². The second-order valence-electron chi connectivity index (χ2n) is 18.4. The van der Waals surface area contributed by atoms with Gasteiger partial charge in [0.15, 0.2) is 0 Å². The third-order valence-corrected chi connectivity index (χ3v) is 14.0. The number of anilines is 4. The van der Waals surface area contributed by atoms with Crippen LogP contribution >= 0.6 is 0 Å². The molecule has 1 aliphatic rings. The molecule has 0 aliphatic carbocycles. The van der Waals surface area contributed by atoms with E-state index in [1.807, 2.05) is 6.20 Å². The number of aryl methyl sites for hydroxylation is 1. The SMILES string of the molecule is Cc1cc(-n2c3ccc(-c4ccccc4)cc3c3cc(-c4ccccc4)c(Oc4cccc(N5CN(c6c(-c7ccccc7)cccc6-c6ccccc6)c6ccccc65)c4)cc32)ncc1-c1ccccc1. The number of ether oxygens (including phenoxy) is 1. The van der Waals surface area contributed by atoms with Crippen molar-refractivity contribution in [2.75, 3.05) is 16.5 Å². The minimum Gasteiger partial charge on any atom is -0.457 e. The van der Waals surface area contributed by atoms with Crippen molar-refractivity contribution < 1.29 is 4.74 Å². The minimum atomic E-state index is 0.605. The number of benzene rings is 10. The van der Waals surface area contributed by atoms with Crippen LogP contribution in [-0.4, -0.2) is 16.2 Å². The third-order valence-electron chi connectivity index (χ3n) is 14.0. The van der Waals surface area contributed by atoms with E-state index in [0.717, 1.165) is 89.6 Å². The van der Waals surface area contributed by atoms with Crippen molar-refractivity contribution in [2.45, 2.75) is 6.92 Å². The van der Waals surface area contributed by atoms with Crippen LogP contribution in [0.25, 0.3) is 83.3 Å². The number of nitrogens with zero attached hydrogens (tertiary/aromatic N) is 4. The van der Waals surface area contributed by atoms with E-state index < -0.39 is 0 Å². The Hall–Kier alpha value is -9.45. The normalized spacial score (nSPS) is 12.1. The summed E-state index contributed by atoms with van der Waals surface area (Å²) >= 11 is 0. The maximum atomic E-state index is 7.23. The molecule has 5 nitrogen and oxygen atoms in total. The lowest BCUT2D eigenvalue weighted by Gasteiger charge is -2.27. The first-order valence-corrected chi connectivity index (χ1v) is 24.5. The lowest BCUT2D eigenvalue weighted by molar-refractivity contribution is 0.485. The molecule has 10 aromatic carbocycles. The second-order valence-corrected chi connectivity index (χ2v) is 18.4. The zero-order valence-corrected chi connectivity index (χ0v) is 39.7. The highest BCUT2D eigenvalue weighted by atomic mass is 16.5. The van der Waals surface area contributed by atoms with E-state index >= 15 is 0 Å². The molecule has 0 radical (unpaired) electrons. The zero-order chi connectivity index (χ0) is 48.0. The van der Waals surface area contributed by atoms with Gasteiger partial charge in [-0.2, -0.15) is 0 Å². The van der Waals surface area contributed by atoms with E-state index in [0.29, 0.717) is 6.67 Å². The fraction of sp³-hybridized carbons (Fsp3) is 0.0299. The van der Waals surface area contributed by atoms with Gasteiger partial charge in [-0.05, 0) is 94.4 Å². The van der Waals surface area contributed by atoms with E-state index in [9.17, 15) is 0 Å². The number of hydrogen-bond donors (Lipinski definition) is 0. The topological polar surface area (TPSA) is 33.5 Å². The lowest BCUT2D eigenvalue weighted by atomic mass is 9.95. The van der Waals surface area contributed by atoms with Crippen molar-refractivity contribution in [3.05, 3.63) is 267 Å². The monoisotopic (exact) mass is 924 g/mol. The first kappa shape index (κ1) is 42.6. The van der Waals surface area contributed by atoms with Gasteiger partial charge >= 0.3 is 0 Å². The van der Waals surface area contributed by atoms with Crippen LogP contribution < -0.4 is 14.5 Å². The van der Waals surface area contributed by atoms with Crippen LogP contribution in [0, 0.1) is 6.92 Å². The number of hydrogen-bond acceptors (Lipinski definition) is 4. The van der Waals surface area contributed by atoms with Crippen LogP contribution in [0.5, 0.6) is 11.5 Å². The Morgan fingerprint density at radius 2 is 0.917 bits per heavy atom. The molecule has 0 saturated heterocycles. The van der Waals surface area contributed by atoms with Gasteiger partial charge in [0.1, 0.15) is 24.0 Å². The van der Waals surface area contributed by atoms with Crippen molar-refractivity contribution >= 4 is 44.6 Å². The number of para-hydroxylation sites is 3. The van der Waals surface area contributed by atoms with Crippen molar-refractivity contribution in [3.63, 3.8) is 0 Å². The van der Waals surface area contributed by atoms with Crippen LogP contribution in [0.4, 0.5) is 22.7 Å². The van der Waals surface area contributed by atoms with E-state index in [1.165, 1.54) is 33.5 Å². The predicted molar refractivity (Wildman–Crippen MR) is 299 cm³/mol. The summed E-state index contributed by atoms with van der Waals surface area (Å²) in [6.07, 6.45) is 2.01. The number of fused-ring (bicyclic) bond motifs is 4. The maximum absolute atomic E-state index is 7.23. The van der Waals surface area contributed by atoms with Gasteiger partial charge in [-0.3, -0.25) is 4.57 Å². The number of pyridine rings is 1. The zero-order valence-electron chi connectivity index (χ0n) is 39.7. The first-order chi connectivity index (χ1) is 35.6. The van der Waals surface area contributed by atoms with E-state index in [1.54, 1.807) is 0 Å². The van der Waals surface area contributed by atoms with Gasteiger partial charge < -0.3 is 14.5 Å². The molecule has 342 valence electrons. The Labute approximate surface area is 419 Å². The molecule has 2 aromatic heterocycles. The summed E-state index contributed by atoms with van der Waals surface area (Å²) in [6.45, 7) is 2.78. The van der Waals surface area contributed by atoms with Gasteiger partial charge in [0.05, 0.1) is 28.1 Å². The third kappa shape index (κ3) is 7.65. The summed E-state index contributed by atoms with van der Waals surface area (Å²) in [6, 6.07) is 90.6. The van der Waals surface area contributed by atoms with Crippen molar-refractivity contribution in [1.82, 2.24) is 9.55 Å². The van der Waals surface area contributed by atoms with E-state index in [4.69, 9.17) is 9.72 Å². The molecular weight excluding hydrogens is 877 g/mol. The molecule has 0 spiro atoms. The Bertz CT molecular complexity index is 3870. The summed E-state index contributed by atoms with van der Waals surface area (Å²) in [5.74, 6) is 2.34. The van der Waals surface area contributed by atoms with Gasteiger partial charge in [0, 0.05) is 57.0 Å². The second kappa shape index (κ2) is 18.1. The van der Waals surface area contributed by atoms with Gasteiger partial charge in [-0.25, -0.2) is 4.98 Å². The molecule has 0 N–H and O–H groups in total. The Balaban J connectivity index is 0.945. The fourth-order valence-electron chi connectivity index (χ4n) is 10.6. The summed E-state index contributed by atoms with van der Waals surface area (Å²) in [5.41, 5.74) is 19.1. The molecule has 72 heavy (non-hydrogen) atoms. The van der Waals surface area contributed by atoms with Crippen LogP contribution in [0.1, 0.15) is 5.56 Å². The summed E-state index contributed by atoms with van der Waals surface area (Å²) < 4.78 is 9.53. The first-order valence-electron chi connectivity index (χ1n) is 24.5. The van der Waals surface area contributed by atoms with Crippen LogP contribution in [-0.2, 0) is 0 Å². The quantitative estimate of drug-likeness (QED) is 0.137. The molecule has 0 atom stereocenters. The minimum absolute atomic E-state index is 0.605. The van der Waals surface area contributed by atoms with Crippen molar-refractivity contribution in [1.29, 1.82) is 0 Å². The number of aromatic nitrogens is 2. The highest BCUT2D eigenvalue weighted by Gasteiger charge is 2.31. The maximum Gasteiger partial charge on any atom is 0.137 e. The Kier molecular flexibility index (Phi) is 10.7. The molecule has 13 rings (SSSR count). The highest BCUT2D eigenvalue weighted by molar-refractivity contribution is 6.12. The Morgan fingerprint density at radius 3 is 1.53 bits per heavy atom. The van der Waals surface area contributed by atoms with Gasteiger partial charge in [-0.15, -0.1) is 0 Å².